The van der Waals surface area contributed by atoms with Gasteiger partial charge in [-0.2, -0.15) is 13.2 Å². The predicted octanol–water partition coefficient (Wildman–Crippen LogP) is 1.68. The van der Waals surface area contributed by atoms with Gasteiger partial charge in [0.1, 0.15) is 0 Å². The van der Waals surface area contributed by atoms with Crippen LogP contribution in [0.1, 0.15) is 6.92 Å². The molecule has 0 atom stereocenters. The van der Waals surface area contributed by atoms with Crippen molar-refractivity contribution in [2.45, 2.75) is 13.1 Å². The number of halogens is 3. The number of esters is 1. The Morgan fingerprint density at radius 1 is 1.22 bits per heavy atom. The van der Waals surface area contributed by atoms with E-state index in [1.165, 1.54) is 11.1 Å². The predicted molar refractivity (Wildman–Crippen MR) is 58.6 cm³/mol. The number of ketones is 1. The monoisotopic (exact) mass is 265 g/mol. The highest BCUT2D eigenvalue weighted by molar-refractivity contribution is 5.98. The Labute approximate surface area is 103 Å². The molecular formula is C11H14F3NO3. The average molecular weight is 265 g/mol. The van der Waals surface area contributed by atoms with E-state index in [4.69, 9.17) is 0 Å². The van der Waals surface area contributed by atoms with Gasteiger partial charge in [-0.05, 0) is 19.1 Å². The van der Waals surface area contributed by atoms with Crippen LogP contribution in [0.5, 0.6) is 0 Å². The van der Waals surface area contributed by atoms with Crippen molar-refractivity contribution in [1.82, 2.24) is 4.90 Å². The lowest BCUT2D eigenvalue weighted by Crippen LogP contribution is -2.20. The Morgan fingerprint density at radius 2 is 1.78 bits per heavy atom. The van der Waals surface area contributed by atoms with E-state index < -0.39 is 17.9 Å². The smallest absolute Gasteiger partial charge is 0.454 e. The number of hydrogen-bond acceptors (Lipinski definition) is 4. The van der Waals surface area contributed by atoms with Gasteiger partial charge in [0.15, 0.2) is 0 Å². The molecule has 0 aliphatic rings. The first-order valence-corrected chi connectivity index (χ1v) is 5.03. The third-order valence-electron chi connectivity index (χ3n) is 1.60. The maximum atomic E-state index is 12.0. The molecule has 0 fully saturated rings. The van der Waals surface area contributed by atoms with E-state index in [-0.39, 0.29) is 12.2 Å². The highest BCUT2D eigenvalue weighted by Gasteiger charge is 2.36. The fourth-order valence-electron chi connectivity index (χ4n) is 0.916. The van der Waals surface area contributed by atoms with Crippen molar-refractivity contribution in [2.75, 3.05) is 20.7 Å². The van der Waals surface area contributed by atoms with Gasteiger partial charge in [-0.3, -0.25) is 4.79 Å². The Balaban J connectivity index is 4.98. The molecule has 0 amide bonds. The van der Waals surface area contributed by atoms with Crippen molar-refractivity contribution in [3.8, 4) is 0 Å². The molecule has 0 aromatic carbocycles. The van der Waals surface area contributed by atoms with E-state index in [9.17, 15) is 22.8 Å². The van der Waals surface area contributed by atoms with Crippen LogP contribution in [0.4, 0.5) is 13.2 Å². The molecule has 0 N–H and O–H groups in total. The van der Waals surface area contributed by atoms with E-state index in [1.54, 1.807) is 21.0 Å². The minimum Gasteiger partial charge on any atom is -0.462 e. The summed E-state index contributed by atoms with van der Waals surface area (Å²) in [6.45, 7) is 1.65. The van der Waals surface area contributed by atoms with Crippen LogP contribution in [0.2, 0.25) is 0 Å². The zero-order valence-electron chi connectivity index (χ0n) is 10.2. The lowest BCUT2D eigenvalue weighted by Gasteiger charge is -2.08. The minimum atomic E-state index is -4.95. The number of ether oxygens (including phenoxy) is 1. The lowest BCUT2D eigenvalue weighted by molar-refractivity contribution is -0.165. The first kappa shape index (κ1) is 16.2. The summed E-state index contributed by atoms with van der Waals surface area (Å²) >= 11 is 0. The largest absolute Gasteiger partial charge is 0.462 e. The average Bonchev–Trinajstić information content (AvgIpc) is 2.22. The molecule has 4 nitrogen and oxygen atoms in total. The van der Waals surface area contributed by atoms with Crippen LogP contribution in [0.3, 0.4) is 0 Å². The van der Waals surface area contributed by atoms with Crippen molar-refractivity contribution in [1.29, 1.82) is 0 Å². The minimum absolute atomic E-state index is 0.0880. The fourth-order valence-corrected chi connectivity index (χ4v) is 0.916. The number of rotatable bonds is 5. The zero-order chi connectivity index (χ0) is 14.3. The van der Waals surface area contributed by atoms with Crippen LogP contribution in [0, 0.1) is 0 Å². The molecule has 0 saturated heterocycles. The normalized spacial score (nSPS) is 12.7. The van der Waals surface area contributed by atoms with E-state index >= 15 is 0 Å². The highest BCUT2D eigenvalue weighted by Crippen LogP contribution is 2.17. The van der Waals surface area contributed by atoms with Crippen molar-refractivity contribution in [3.63, 3.8) is 0 Å². The molecule has 0 aliphatic carbocycles. The maximum absolute atomic E-state index is 12.0. The van der Waals surface area contributed by atoms with E-state index in [2.05, 4.69) is 4.74 Å². The highest BCUT2D eigenvalue weighted by atomic mass is 19.4. The maximum Gasteiger partial charge on any atom is 0.454 e. The zero-order valence-corrected chi connectivity index (χ0v) is 10.2. The molecule has 7 heteroatoms. The molecule has 0 rings (SSSR count). The van der Waals surface area contributed by atoms with E-state index in [1.807, 2.05) is 0 Å². The third-order valence-corrected chi connectivity index (χ3v) is 1.60. The molecule has 0 radical (unpaired) electrons. The molecule has 18 heavy (non-hydrogen) atoms. The number of hydrogen-bond donors (Lipinski definition) is 0. The summed E-state index contributed by atoms with van der Waals surface area (Å²) in [6.07, 6.45) is -2.60. The van der Waals surface area contributed by atoms with Gasteiger partial charge in [-0.25, -0.2) is 4.79 Å². The van der Waals surface area contributed by atoms with Crippen LogP contribution < -0.4 is 0 Å². The summed E-state index contributed by atoms with van der Waals surface area (Å²) < 4.78 is 40.5. The van der Waals surface area contributed by atoms with Crippen LogP contribution in [-0.2, 0) is 14.3 Å². The Kier molecular flexibility index (Phi) is 6.15. The second-order valence-corrected chi connectivity index (χ2v) is 3.46. The number of allylic oxidation sites excluding steroid dienone is 1. The summed E-state index contributed by atoms with van der Waals surface area (Å²) in [5, 5.41) is 0. The van der Waals surface area contributed by atoms with Crippen LogP contribution in [-0.4, -0.2) is 43.5 Å². The molecule has 0 bridgehead atoms. The van der Waals surface area contributed by atoms with Gasteiger partial charge in [-0.15, -0.1) is 0 Å². The molecule has 0 spiro atoms. The topological polar surface area (TPSA) is 46.6 Å². The standard InChI is InChI=1S/C11H14F3NO3/c1-4-18-10(17)8(7-15(2)3)5-6-9(16)11(12,13)14/h5-7H,4H2,1-3H3/b6-5+,8-7+. The number of alkyl halides is 3. The third kappa shape index (κ3) is 6.07. The number of carbonyl (C=O) groups excluding carboxylic acids is 2. The summed E-state index contributed by atoms with van der Waals surface area (Å²) in [7, 11) is 3.16. The Bertz CT molecular complexity index is 370. The van der Waals surface area contributed by atoms with Gasteiger partial charge in [0.05, 0.1) is 12.2 Å². The van der Waals surface area contributed by atoms with Gasteiger partial charge in [0, 0.05) is 20.3 Å². The quantitative estimate of drug-likeness (QED) is 0.431. The molecule has 102 valence electrons. The molecule has 0 aliphatic heterocycles. The first-order valence-electron chi connectivity index (χ1n) is 5.03. The second kappa shape index (κ2) is 6.83. The molecular weight excluding hydrogens is 251 g/mol. The fraction of sp³-hybridized carbons (Fsp3) is 0.455. The summed E-state index contributed by atoms with van der Waals surface area (Å²) in [5.74, 6) is -2.83. The lowest BCUT2D eigenvalue weighted by atomic mass is 10.2. The van der Waals surface area contributed by atoms with Crippen molar-refractivity contribution in [3.05, 3.63) is 23.9 Å². The SMILES string of the molecule is CCOC(=O)C(/C=C/C(=O)C(F)(F)F)=C/N(C)C. The molecule has 0 aromatic rings. The van der Waals surface area contributed by atoms with Crippen LogP contribution >= 0.6 is 0 Å². The summed E-state index contributed by atoms with van der Waals surface area (Å²) in [6, 6.07) is 0. The second-order valence-electron chi connectivity index (χ2n) is 3.46. The first-order chi connectivity index (χ1) is 8.18. The van der Waals surface area contributed by atoms with Gasteiger partial charge in [0.25, 0.3) is 5.78 Å². The molecule has 0 unspecified atom stereocenters. The molecule has 0 saturated carbocycles. The Morgan fingerprint density at radius 3 is 2.17 bits per heavy atom. The van der Waals surface area contributed by atoms with E-state index in [0.29, 0.717) is 6.08 Å². The molecule has 0 heterocycles. The van der Waals surface area contributed by atoms with Gasteiger partial charge in [0.2, 0.25) is 0 Å². The van der Waals surface area contributed by atoms with E-state index in [0.717, 1.165) is 6.08 Å². The van der Waals surface area contributed by atoms with Crippen LogP contribution in [0.15, 0.2) is 23.9 Å². The summed E-state index contributed by atoms with van der Waals surface area (Å²) in [5.41, 5.74) is -0.139. The van der Waals surface area contributed by atoms with Crippen LogP contribution in [0.25, 0.3) is 0 Å². The number of nitrogens with zero attached hydrogens (tertiary/aromatic N) is 1. The van der Waals surface area contributed by atoms with Gasteiger partial charge < -0.3 is 9.64 Å². The van der Waals surface area contributed by atoms with Gasteiger partial charge in [-0.1, -0.05) is 0 Å². The Hall–Kier alpha value is -1.79. The van der Waals surface area contributed by atoms with Crippen molar-refractivity contribution in [2.24, 2.45) is 0 Å². The van der Waals surface area contributed by atoms with Crippen molar-refractivity contribution >= 4 is 11.8 Å². The molecule has 0 aromatic heterocycles. The number of carbonyl (C=O) groups is 2. The summed E-state index contributed by atoms with van der Waals surface area (Å²) in [4.78, 5) is 23.5. The van der Waals surface area contributed by atoms with Crippen molar-refractivity contribution < 1.29 is 27.5 Å². The van der Waals surface area contributed by atoms with Gasteiger partial charge >= 0.3 is 12.1 Å².